The summed E-state index contributed by atoms with van der Waals surface area (Å²) in [5.74, 6) is 1.56. The lowest BCUT2D eigenvalue weighted by Crippen LogP contribution is -2.40. The largest absolute Gasteiger partial charge is 0.357 e. The number of aliphatic imine (C=N–C) groups is 1. The molecule has 0 aliphatic carbocycles. The number of hydrogen-bond donors (Lipinski definition) is 1. The molecule has 0 spiro atoms. The third kappa shape index (κ3) is 3.92. The van der Waals surface area contributed by atoms with Gasteiger partial charge in [0.25, 0.3) is 0 Å². The normalized spacial score (nSPS) is 18.4. The highest BCUT2D eigenvalue weighted by Crippen LogP contribution is 2.26. The van der Waals surface area contributed by atoms with Crippen molar-refractivity contribution in [2.45, 2.75) is 25.8 Å². The van der Waals surface area contributed by atoms with Gasteiger partial charge in [-0.2, -0.15) is 5.10 Å². The van der Waals surface area contributed by atoms with E-state index < -0.39 is 0 Å². The number of nitrogens with zero attached hydrogens (tertiary/aromatic N) is 4. The second-order valence-corrected chi connectivity index (χ2v) is 6.03. The molecule has 122 valence electrons. The fourth-order valence-corrected chi connectivity index (χ4v) is 3.05. The zero-order valence-corrected chi connectivity index (χ0v) is 13.9. The number of rotatable bonds is 4. The summed E-state index contributed by atoms with van der Waals surface area (Å²) in [6, 6.07) is 10.4. The highest BCUT2D eigenvalue weighted by molar-refractivity contribution is 5.80. The van der Waals surface area contributed by atoms with Gasteiger partial charge in [0.15, 0.2) is 5.96 Å². The van der Waals surface area contributed by atoms with Crippen molar-refractivity contribution in [3.63, 3.8) is 0 Å². The van der Waals surface area contributed by atoms with E-state index in [1.165, 1.54) is 11.1 Å². The number of aryl methyl sites for hydroxylation is 1. The van der Waals surface area contributed by atoms with Gasteiger partial charge < -0.3 is 10.2 Å². The fourth-order valence-electron chi connectivity index (χ4n) is 3.05. The van der Waals surface area contributed by atoms with Gasteiger partial charge >= 0.3 is 0 Å². The predicted molar refractivity (Wildman–Crippen MR) is 93.4 cm³/mol. The van der Waals surface area contributed by atoms with E-state index in [2.05, 4.69) is 52.7 Å². The lowest BCUT2D eigenvalue weighted by Gasteiger charge is -2.21. The predicted octanol–water partition coefficient (Wildman–Crippen LogP) is 2.38. The Morgan fingerprint density at radius 1 is 1.35 bits per heavy atom. The minimum absolute atomic E-state index is 0.546. The summed E-state index contributed by atoms with van der Waals surface area (Å²) >= 11 is 0. The van der Waals surface area contributed by atoms with Crippen LogP contribution in [0.2, 0.25) is 0 Å². The number of nitrogens with one attached hydrogen (secondary N) is 1. The Morgan fingerprint density at radius 2 is 2.17 bits per heavy atom. The van der Waals surface area contributed by atoms with Gasteiger partial charge in [0.05, 0.1) is 12.7 Å². The number of aromatic nitrogens is 2. The van der Waals surface area contributed by atoms with Crippen LogP contribution in [0.5, 0.6) is 0 Å². The monoisotopic (exact) mass is 311 g/mol. The highest BCUT2D eigenvalue weighted by Gasteiger charge is 2.26. The molecule has 2 heterocycles. The topological polar surface area (TPSA) is 45.5 Å². The van der Waals surface area contributed by atoms with E-state index in [4.69, 9.17) is 4.99 Å². The Labute approximate surface area is 138 Å². The van der Waals surface area contributed by atoms with E-state index in [-0.39, 0.29) is 0 Å². The van der Waals surface area contributed by atoms with E-state index in [1.54, 1.807) is 0 Å². The van der Waals surface area contributed by atoms with Gasteiger partial charge in [0, 0.05) is 38.8 Å². The second-order valence-electron chi connectivity index (χ2n) is 6.03. The van der Waals surface area contributed by atoms with Gasteiger partial charge in [-0.15, -0.1) is 0 Å². The molecule has 0 amide bonds. The Bertz CT molecular complexity index is 646. The van der Waals surface area contributed by atoms with Crippen molar-refractivity contribution in [2.75, 3.05) is 19.6 Å². The lowest BCUT2D eigenvalue weighted by molar-refractivity contribution is 0.486. The van der Waals surface area contributed by atoms with Crippen LogP contribution >= 0.6 is 0 Å². The van der Waals surface area contributed by atoms with Crippen molar-refractivity contribution >= 4 is 5.96 Å². The number of likely N-dealkylation sites (tertiary alicyclic amines) is 1. The molecule has 1 aromatic heterocycles. The molecular weight excluding hydrogens is 286 g/mol. The maximum Gasteiger partial charge on any atom is 0.194 e. The molecule has 0 radical (unpaired) electrons. The zero-order valence-electron chi connectivity index (χ0n) is 13.9. The van der Waals surface area contributed by atoms with Gasteiger partial charge in [0.1, 0.15) is 0 Å². The minimum Gasteiger partial charge on any atom is -0.357 e. The summed E-state index contributed by atoms with van der Waals surface area (Å²) in [4.78, 5) is 7.17. The number of guanidine groups is 1. The third-order valence-corrected chi connectivity index (χ3v) is 4.27. The molecule has 23 heavy (non-hydrogen) atoms. The minimum atomic E-state index is 0.546. The van der Waals surface area contributed by atoms with Crippen molar-refractivity contribution in [2.24, 2.45) is 12.0 Å². The van der Waals surface area contributed by atoms with Crippen LogP contribution in [0.25, 0.3) is 0 Å². The molecule has 5 heteroatoms. The third-order valence-electron chi connectivity index (χ3n) is 4.27. The molecule has 1 atom stereocenters. The SMILES string of the molecule is CCNC(=NCc1ccccc1)N1CCC(c2cnn(C)c2)C1. The van der Waals surface area contributed by atoms with Crippen molar-refractivity contribution in [3.8, 4) is 0 Å². The molecule has 1 aliphatic rings. The van der Waals surface area contributed by atoms with Gasteiger partial charge in [-0.25, -0.2) is 4.99 Å². The van der Waals surface area contributed by atoms with E-state index in [1.807, 2.05) is 24.0 Å². The first kappa shape index (κ1) is 15.6. The van der Waals surface area contributed by atoms with E-state index in [0.717, 1.165) is 38.6 Å². The van der Waals surface area contributed by atoms with E-state index in [0.29, 0.717) is 5.92 Å². The van der Waals surface area contributed by atoms with Crippen molar-refractivity contribution < 1.29 is 0 Å². The van der Waals surface area contributed by atoms with Gasteiger partial charge in [-0.05, 0) is 24.5 Å². The molecule has 1 saturated heterocycles. The average molecular weight is 311 g/mol. The summed E-state index contributed by atoms with van der Waals surface area (Å²) in [5, 5.41) is 7.72. The Balaban J connectivity index is 1.67. The molecule has 2 aromatic rings. The van der Waals surface area contributed by atoms with Crippen LogP contribution in [0.1, 0.15) is 30.4 Å². The molecule has 1 unspecified atom stereocenters. The maximum absolute atomic E-state index is 4.81. The van der Waals surface area contributed by atoms with Crippen LogP contribution in [-0.4, -0.2) is 40.3 Å². The summed E-state index contributed by atoms with van der Waals surface area (Å²) in [6.07, 6.45) is 5.27. The molecule has 0 bridgehead atoms. The molecular formula is C18H25N5. The van der Waals surface area contributed by atoms with Crippen LogP contribution in [0.3, 0.4) is 0 Å². The lowest BCUT2D eigenvalue weighted by atomic mass is 10.0. The second kappa shape index (κ2) is 7.31. The van der Waals surface area contributed by atoms with E-state index in [9.17, 15) is 0 Å². The van der Waals surface area contributed by atoms with Crippen molar-refractivity contribution in [1.29, 1.82) is 0 Å². The van der Waals surface area contributed by atoms with Gasteiger partial charge in [-0.1, -0.05) is 30.3 Å². The summed E-state index contributed by atoms with van der Waals surface area (Å²) in [6.45, 7) is 5.78. The first-order valence-electron chi connectivity index (χ1n) is 8.32. The van der Waals surface area contributed by atoms with Crippen LogP contribution in [0.15, 0.2) is 47.7 Å². The van der Waals surface area contributed by atoms with Crippen LogP contribution < -0.4 is 5.32 Å². The molecule has 1 N–H and O–H groups in total. The molecule has 1 aromatic carbocycles. The fraction of sp³-hybridized carbons (Fsp3) is 0.444. The molecule has 0 saturated carbocycles. The number of benzene rings is 1. The summed E-state index contributed by atoms with van der Waals surface area (Å²) in [7, 11) is 1.97. The smallest absolute Gasteiger partial charge is 0.194 e. The first-order valence-corrected chi connectivity index (χ1v) is 8.32. The van der Waals surface area contributed by atoms with Gasteiger partial charge in [-0.3, -0.25) is 4.68 Å². The Hall–Kier alpha value is -2.30. The molecule has 3 rings (SSSR count). The molecule has 1 fully saturated rings. The quantitative estimate of drug-likeness (QED) is 0.696. The number of hydrogen-bond acceptors (Lipinski definition) is 2. The average Bonchev–Trinajstić information content (AvgIpc) is 3.21. The Morgan fingerprint density at radius 3 is 2.87 bits per heavy atom. The molecule has 1 aliphatic heterocycles. The highest BCUT2D eigenvalue weighted by atomic mass is 15.3. The van der Waals surface area contributed by atoms with Crippen molar-refractivity contribution in [3.05, 3.63) is 53.9 Å². The van der Waals surface area contributed by atoms with Crippen LogP contribution in [-0.2, 0) is 13.6 Å². The summed E-state index contributed by atoms with van der Waals surface area (Å²) < 4.78 is 1.88. The maximum atomic E-state index is 4.81. The van der Waals surface area contributed by atoms with Crippen LogP contribution in [0, 0.1) is 0 Å². The van der Waals surface area contributed by atoms with Gasteiger partial charge in [0.2, 0.25) is 0 Å². The summed E-state index contributed by atoms with van der Waals surface area (Å²) in [5.41, 5.74) is 2.57. The van der Waals surface area contributed by atoms with Crippen molar-refractivity contribution in [1.82, 2.24) is 20.0 Å². The standard InChI is InChI=1S/C18H25N5/c1-3-19-18(20-11-15-7-5-4-6-8-15)23-10-9-16(14-23)17-12-21-22(2)13-17/h4-8,12-13,16H,3,9-11,14H2,1-2H3,(H,19,20). The molecule has 5 nitrogen and oxygen atoms in total. The Kier molecular flexibility index (Phi) is 4.95. The van der Waals surface area contributed by atoms with E-state index >= 15 is 0 Å². The van der Waals surface area contributed by atoms with Crippen LogP contribution in [0.4, 0.5) is 0 Å². The zero-order chi connectivity index (χ0) is 16.1. The first-order chi connectivity index (χ1) is 11.3.